The second-order valence-corrected chi connectivity index (χ2v) is 6.59. The maximum atomic E-state index is 9.43. The van der Waals surface area contributed by atoms with Gasteiger partial charge in [0.05, 0.1) is 18.2 Å². The minimum absolute atomic E-state index is 0.250. The molecule has 0 aliphatic carbocycles. The zero-order valence-electron chi connectivity index (χ0n) is 13.8. The first-order valence-corrected chi connectivity index (χ1v) is 8.35. The fourth-order valence-corrected chi connectivity index (χ4v) is 3.26. The molecule has 1 aliphatic heterocycles. The number of fused-ring (bicyclic) bond motifs is 1. The third-order valence-electron chi connectivity index (χ3n) is 4.78. The molecular weight excluding hydrogens is 302 g/mol. The summed E-state index contributed by atoms with van der Waals surface area (Å²) < 4.78 is 2.13. The average molecular weight is 323 g/mol. The van der Waals surface area contributed by atoms with Crippen molar-refractivity contribution in [1.82, 2.24) is 24.4 Å². The number of hydrogen-bond donors (Lipinski definition) is 1. The van der Waals surface area contributed by atoms with Crippen LogP contribution in [0.2, 0.25) is 0 Å². The summed E-state index contributed by atoms with van der Waals surface area (Å²) in [4.78, 5) is 16.0. The maximum absolute atomic E-state index is 9.43. The van der Waals surface area contributed by atoms with E-state index in [0.29, 0.717) is 11.6 Å². The fourth-order valence-electron chi connectivity index (χ4n) is 3.26. The lowest BCUT2D eigenvalue weighted by Crippen LogP contribution is -2.31. The molecule has 3 heterocycles. The highest BCUT2D eigenvalue weighted by atomic mass is 16.3. The number of likely N-dealkylation sites (tertiary alicyclic amines) is 1. The van der Waals surface area contributed by atoms with Crippen LogP contribution in [0.25, 0.3) is 22.6 Å². The van der Waals surface area contributed by atoms with Crippen molar-refractivity contribution in [2.24, 2.45) is 5.92 Å². The van der Waals surface area contributed by atoms with Crippen molar-refractivity contribution in [3.8, 4) is 17.0 Å². The minimum Gasteiger partial charge on any atom is -0.508 e. The van der Waals surface area contributed by atoms with Crippen LogP contribution in [0.15, 0.2) is 36.8 Å². The molecule has 124 valence electrons. The van der Waals surface area contributed by atoms with Gasteiger partial charge in [0, 0.05) is 12.1 Å². The van der Waals surface area contributed by atoms with Gasteiger partial charge in [-0.2, -0.15) is 0 Å². The van der Waals surface area contributed by atoms with E-state index >= 15 is 0 Å². The molecule has 1 saturated heterocycles. The highest BCUT2D eigenvalue weighted by molar-refractivity contribution is 5.71. The van der Waals surface area contributed by atoms with Crippen LogP contribution in [0.3, 0.4) is 0 Å². The van der Waals surface area contributed by atoms with Crippen molar-refractivity contribution in [3.63, 3.8) is 0 Å². The third kappa shape index (κ3) is 2.97. The molecule has 0 radical (unpaired) electrons. The molecule has 4 rings (SSSR count). The molecule has 0 atom stereocenters. The maximum Gasteiger partial charge on any atom is 0.197 e. The van der Waals surface area contributed by atoms with Crippen LogP contribution < -0.4 is 0 Å². The van der Waals surface area contributed by atoms with Gasteiger partial charge < -0.3 is 14.6 Å². The smallest absolute Gasteiger partial charge is 0.197 e. The topological polar surface area (TPSA) is 67.1 Å². The summed E-state index contributed by atoms with van der Waals surface area (Å²) in [5.41, 5.74) is 3.26. The number of imidazole rings is 1. The van der Waals surface area contributed by atoms with Crippen LogP contribution >= 0.6 is 0 Å². The molecular formula is C18H21N5O. The number of benzene rings is 1. The van der Waals surface area contributed by atoms with Gasteiger partial charge in [-0.05, 0) is 63.2 Å². The van der Waals surface area contributed by atoms with Gasteiger partial charge in [0.2, 0.25) is 0 Å². The first-order chi connectivity index (χ1) is 11.7. The third-order valence-corrected chi connectivity index (χ3v) is 4.78. The Labute approximate surface area is 140 Å². The van der Waals surface area contributed by atoms with E-state index in [1.54, 1.807) is 18.3 Å². The van der Waals surface area contributed by atoms with Crippen LogP contribution in [0.5, 0.6) is 5.75 Å². The lowest BCUT2D eigenvalue weighted by molar-refractivity contribution is 0.206. The summed E-state index contributed by atoms with van der Waals surface area (Å²) in [5.74, 6) is 0.915. The van der Waals surface area contributed by atoms with Gasteiger partial charge in [-0.3, -0.25) is 0 Å². The van der Waals surface area contributed by atoms with Crippen molar-refractivity contribution in [2.75, 3.05) is 20.1 Å². The van der Waals surface area contributed by atoms with Gasteiger partial charge in [-0.25, -0.2) is 15.0 Å². The van der Waals surface area contributed by atoms with Gasteiger partial charge in [0.25, 0.3) is 0 Å². The van der Waals surface area contributed by atoms with E-state index in [9.17, 15) is 5.11 Å². The van der Waals surface area contributed by atoms with E-state index in [-0.39, 0.29) is 5.75 Å². The van der Waals surface area contributed by atoms with E-state index in [0.717, 1.165) is 36.5 Å². The minimum atomic E-state index is 0.250. The Balaban J connectivity index is 1.62. The Morgan fingerprint density at radius 1 is 1.12 bits per heavy atom. The monoisotopic (exact) mass is 323 g/mol. The summed E-state index contributed by atoms with van der Waals surface area (Å²) in [6.07, 6.45) is 6.01. The lowest BCUT2D eigenvalue weighted by atomic mass is 9.97. The Bertz CT molecular complexity index is 834. The molecule has 0 unspecified atom stereocenters. The number of hydrogen-bond acceptors (Lipinski definition) is 5. The van der Waals surface area contributed by atoms with Gasteiger partial charge >= 0.3 is 0 Å². The number of phenolic OH excluding ortho intramolecular Hbond substituents is 1. The summed E-state index contributed by atoms with van der Waals surface area (Å²) in [5, 5.41) is 9.43. The van der Waals surface area contributed by atoms with E-state index in [4.69, 9.17) is 4.98 Å². The molecule has 0 amide bonds. The van der Waals surface area contributed by atoms with Gasteiger partial charge in [0.1, 0.15) is 5.75 Å². The molecule has 0 bridgehead atoms. The Kier molecular flexibility index (Phi) is 3.90. The molecule has 1 aliphatic rings. The van der Waals surface area contributed by atoms with Crippen LogP contribution in [0.4, 0.5) is 0 Å². The number of piperidine rings is 1. The van der Waals surface area contributed by atoms with Crippen LogP contribution in [0, 0.1) is 5.92 Å². The number of aromatic nitrogens is 4. The van der Waals surface area contributed by atoms with Crippen LogP contribution in [-0.4, -0.2) is 49.7 Å². The molecule has 1 aromatic carbocycles. The average Bonchev–Trinajstić information content (AvgIpc) is 3.00. The van der Waals surface area contributed by atoms with E-state index in [2.05, 4.69) is 26.5 Å². The molecule has 0 spiro atoms. The second kappa shape index (κ2) is 6.20. The van der Waals surface area contributed by atoms with Crippen LogP contribution in [0.1, 0.15) is 12.8 Å². The van der Waals surface area contributed by atoms with E-state index in [1.165, 1.54) is 12.8 Å². The quantitative estimate of drug-likeness (QED) is 0.802. The molecule has 0 saturated carbocycles. The van der Waals surface area contributed by atoms with E-state index in [1.807, 2.05) is 18.5 Å². The zero-order chi connectivity index (χ0) is 16.5. The molecule has 24 heavy (non-hydrogen) atoms. The molecule has 6 heteroatoms. The Hall–Kier alpha value is -2.47. The molecule has 6 nitrogen and oxygen atoms in total. The number of nitrogens with zero attached hydrogens (tertiary/aromatic N) is 5. The highest BCUT2D eigenvalue weighted by Gasteiger charge is 2.18. The molecule has 1 N–H and O–H groups in total. The summed E-state index contributed by atoms with van der Waals surface area (Å²) in [7, 11) is 2.18. The van der Waals surface area contributed by atoms with Gasteiger partial charge in [-0.15, -0.1) is 0 Å². The summed E-state index contributed by atoms with van der Waals surface area (Å²) in [6.45, 7) is 3.25. The molecule has 3 aromatic rings. The summed E-state index contributed by atoms with van der Waals surface area (Å²) in [6, 6.07) is 7.03. The van der Waals surface area contributed by atoms with Crippen molar-refractivity contribution < 1.29 is 5.11 Å². The fraction of sp³-hybridized carbons (Fsp3) is 0.389. The van der Waals surface area contributed by atoms with E-state index < -0.39 is 0 Å². The predicted octanol–water partition coefficient (Wildman–Crippen LogP) is 2.54. The first kappa shape index (κ1) is 15.1. The molecule has 2 aromatic heterocycles. The van der Waals surface area contributed by atoms with Crippen molar-refractivity contribution in [1.29, 1.82) is 0 Å². The number of aromatic hydroxyl groups is 1. The normalized spacial score (nSPS) is 16.7. The van der Waals surface area contributed by atoms with Crippen LogP contribution in [-0.2, 0) is 6.54 Å². The standard InChI is InChI=1S/C18H21N5O/c1-22-8-6-13(7-9-22)11-23-12-20-17-18(23)21-16(10-19-17)14-2-4-15(24)5-3-14/h2-5,10,12-13,24H,6-9,11H2,1H3. The highest BCUT2D eigenvalue weighted by Crippen LogP contribution is 2.23. The Morgan fingerprint density at radius 3 is 2.62 bits per heavy atom. The van der Waals surface area contributed by atoms with Crippen molar-refractivity contribution in [2.45, 2.75) is 19.4 Å². The lowest BCUT2D eigenvalue weighted by Gasteiger charge is -2.29. The first-order valence-electron chi connectivity index (χ1n) is 8.35. The van der Waals surface area contributed by atoms with Gasteiger partial charge in [-0.1, -0.05) is 0 Å². The second-order valence-electron chi connectivity index (χ2n) is 6.59. The number of rotatable bonds is 3. The van der Waals surface area contributed by atoms with Crippen molar-refractivity contribution in [3.05, 3.63) is 36.8 Å². The summed E-state index contributed by atoms with van der Waals surface area (Å²) >= 11 is 0. The predicted molar refractivity (Wildman–Crippen MR) is 92.6 cm³/mol. The number of phenols is 1. The largest absolute Gasteiger partial charge is 0.508 e. The zero-order valence-corrected chi connectivity index (χ0v) is 13.8. The van der Waals surface area contributed by atoms with Gasteiger partial charge in [0.15, 0.2) is 11.3 Å². The SMILES string of the molecule is CN1CCC(Cn2cnc3ncc(-c4ccc(O)cc4)nc32)CC1. The van der Waals surface area contributed by atoms with Crippen molar-refractivity contribution >= 4 is 11.3 Å². The Morgan fingerprint density at radius 2 is 1.88 bits per heavy atom. The molecule has 1 fully saturated rings.